The average molecular weight is 489 g/mol. The van der Waals surface area contributed by atoms with Crippen molar-refractivity contribution in [3.63, 3.8) is 0 Å². The maximum atomic E-state index is 12.7. The van der Waals surface area contributed by atoms with Crippen LogP contribution in [0.2, 0.25) is 5.02 Å². The van der Waals surface area contributed by atoms with Gasteiger partial charge >= 0.3 is 11.6 Å². The van der Waals surface area contributed by atoms with E-state index in [0.29, 0.717) is 22.4 Å². The van der Waals surface area contributed by atoms with Gasteiger partial charge in [0, 0.05) is 27.2 Å². The fraction of sp³-hybridized carbons (Fsp3) is 0.143. The van der Waals surface area contributed by atoms with Crippen molar-refractivity contribution in [2.75, 3.05) is 0 Å². The maximum Gasteiger partial charge on any atom is 0.358 e. The van der Waals surface area contributed by atoms with Crippen molar-refractivity contribution < 1.29 is 13.9 Å². The summed E-state index contributed by atoms with van der Waals surface area (Å²) in [5.74, 6) is -0.255. The van der Waals surface area contributed by atoms with Crippen LogP contribution in [0.4, 0.5) is 0 Å². The van der Waals surface area contributed by atoms with Gasteiger partial charge in [-0.1, -0.05) is 27.5 Å². The van der Waals surface area contributed by atoms with Crippen LogP contribution in [0.15, 0.2) is 56.1 Å². The Labute approximate surface area is 184 Å². The smallest absolute Gasteiger partial charge is 0.358 e. The highest BCUT2D eigenvalue weighted by atomic mass is 79.9. The van der Waals surface area contributed by atoms with Crippen LogP contribution < -0.4 is 5.63 Å². The molecule has 0 aliphatic rings. The predicted octanol–water partition coefficient (Wildman–Crippen LogP) is 4.76. The number of hydrogen-bond donors (Lipinski definition) is 0. The summed E-state index contributed by atoms with van der Waals surface area (Å²) in [5, 5.41) is 5.19. The van der Waals surface area contributed by atoms with Gasteiger partial charge < -0.3 is 9.15 Å². The summed E-state index contributed by atoms with van der Waals surface area (Å²) < 4.78 is 13.0. The molecule has 1 aromatic carbocycles. The van der Waals surface area contributed by atoms with Gasteiger partial charge in [-0.3, -0.25) is 0 Å². The van der Waals surface area contributed by atoms with Crippen molar-refractivity contribution in [1.29, 1.82) is 0 Å². The van der Waals surface area contributed by atoms with Crippen molar-refractivity contribution in [2.45, 2.75) is 20.5 Å². The van der Waals surface area contributed by atoms with Gasteiger partial charge in [0.05, 0.1) is 10.7 Å². The van der Waals surface area contributed by atoms with E-state index in [9.17, 15) is 9.59 Å². The second-order valence-electron chi connectivity index (χ2n) is 6.65. The third-order valence-corrected chi connectivity index (χ3v) is 5.20. The van der Waals surface area contributed by atoms with Crippen molar-refractivity contribution in [1.82, 2.24) is 14.8 Å². The highest BCUT2D eigenvalue weighted by Crippen LogP contribution is 2.23. The fourth-order valence-corrected chi connectivity index (χ4v) is 3.61. The molecule has 3 heterocycles. The molecule has 0 aliphatic heterocycles. The molecule has 0 atom stereocenters. The number of rotatable bonds is 4. The van der Waals surface area contributed by atoms with Gasteiger partial charge in [-0.25, -0.2) is 19.3 Å². The molecule has 0 bridgehead atoms. The number of nitrogens with zero attached hydrogens (tertiary/aromatic N) is 3. The molecule has 30 heavy (non-hydrogen) atoms. The topological polar surface area (TPSA) is 87.2 Å². The van der Waals surface area contributed by atoms with Crippen molar-refractivity contribution in [3.8, 4) is 5.82 Å². The standard InChI is InChI=1S/C21H15BrClN3O4/c1-11-7-12(2)26(25-11)18-6-5-16(23)20(24-18)21(28)29-10-13-8-19(27)30-17-9-14(22)3-4-15(13)17/h3-9H,10H2,1-2H3. The molecule has 0 fully saturated rings. The lowest BCUT2D eigenvalue weighted by Crippen LogP contribution is -2.12. The monoisotopic (exact) mass is 487 g/mol. The molecular formula is C21H15BrClN3O4. The highest BCUT2D eigenvalue weighted by molar-refractivity contribution is 9.10. The molecule has 4 aromatic rings. The Bertz CT molecular complexity index is 1350. The van der Waals surface area contributed by atoms with Gasteiger partial charge in [0.25, 0.3) is 0 Å². The van der Waals surface area contributed by atoms with E-state index < -0.39 is 11.6 Å². The number of ether oxygens (including phenoxy) is 1. The number of aromatic nitrogens is 3. The number of hydrogen-bond acceptors (Lipinski definition) is 6. The first kappa shape index (κ1) is 20.3. The van der Waals surface area contributed by atoms with Crippen LogP contribution in [0.5, 0.6) is 0 Å². The Balaban J connectivity index is 1.62. The van der Waals surface area contributed by atoms with Crippen LogP contribution in [-0.4, -0.2) is 20.7 Å². The molecule has 0 spiro atoms. The minimum Gasteiger partial charge on any atom is -0.456 e. The van der Waals surface area contributed by atoms with E-state index in [1.165, 1.54) is 6.07 Å². The number of pyridine rings is 1. The number of aryl methyl sites for hydroxylation is 2. The largest absolute Gasteiger partial charge is 0.456 e. The third-order valence-electron chi connectivity index (χ3n) is 4.40. The van der Waals surface area contributed by atoms with Crippen LogP contribution in [0.1, 0.15) is 27.4 Å². The summed E-state index contributed by atoms with van der Waals surface area (Å²) in [7, 11) is 0. The quantitative estimate of drug-likeness (QED) is 0.304. The fourth-order valence-electron chi connectivity index (χ4n) is 3.09. The molecule has 3 aromatic heterocycles. The van der Waals surface area contributed by atoms with Gasteiger partial charge in [-0.05, 0) is 50.2 Å². The Morgan fingerprint density at radius 2 is 2.00 bits per heavy atom. The maximum absolute atomic E-state index is 12.7. The Morgan fingerprint density at radius 1 is 1.20 bits per heavy atom. The first-order valence-corrected chi connectivity index (χ1v) is 10.1. The van der Waals surface area contributed by atoms with Gasteiger partial charge in [0.1, 0.15) is 12.2 Å². The van der Waals surface area contributed by atoms with E-state index >= 15 is 0 Å². The molecule has 0 aliphatic carbocycles. The van der Waals surface area contributed by atoms with Gasteiger partial charge in [0.15, 0.2) is 11.5 Å². The molecule has 0 amide bonds. The molecule has 152 valence electrons. The first-order chi connectivity index (χ1) is 14.3. The SMILES string of the molecule is Cc1cc(C)n(-c2ccc(Cl)c(C(=O)OCc3cc(=O)oc4cc(Br)ccc34)n2)n1. The lowest BCUT2D eigenvalue weighted by Gasteiger charge is -2.10. The number of esters is 1. The second kappa shape index (κ2) is 8.04. The van der Waals surface area contributed by atoms with Crippen LogP contribution in [-0.2, 0) is 11.3 Å². The van der Waals surface area contributed by atoms with E-state index in [1.54, 1.807) is 28.9 Å². The minimum atomic E-state index is -0.707. The number of halogens is 2. The van der Waals surface area contributed by atoms with Crippen molar-refractivity contribution in [3.05, 3.63) is 85.0 Å². The number of benzene rings is 1. The zero-order valence-corrected chi connectivity index (χ0v) is 18.3. The highest BCUT2D eigenvalue weighted by Gasteiger charge is 2.18. The molecule has 4 rings (SSSR count). The summed E-state index contributed by atoms with van der Waals surface area (Å²) in [6, 6.07) is 11.7. The lowest BCUT2D eigenvalue weighted by atomic mass is 10.1. The van der Waals surface area contributed by atoms with Crippen LogP contribution in [0.25, 0.3) is 16.8 Å². The molecule has 0 saturated carbocycles. The zero-order valence-electron chi connectivity index (χ0n) is 16.0. The summed E-state index contributed by atoms with van der Waals surface area (Å²) in [5.41, 5.74) is 2.05. The Morgan fingerprint density at radius 3 is 2.73 bits per heavy atom. The summed E-state index contributed by atoms with van der Waals surface area (Å²) in [4.78, 5) is 28.9. The van der Waals surface area contributed by atoms with Gasteiger partial charge in [-0.2, -0.15) is 5.10 Å². The Kier molecular flexibility index (Phi) is 5.44. The molecular weight excluding hydrogens is 474 g/mol. The van der Waals surface area contributed by atoms with Crippen LogP contribution in [0.3, 0.4) is 0 Å². The number of carbonyl (C=O) groups excluding carboxylic acids is 1. The number of fused-ring (bicyclic) bond motifs is 1. The van der Waals surface area contributed by atoms with E-state index in [2.05, 4.69) is 26.0 Å². The molecule has 0 radical (unpaired) electrons. The van der Waals surface area contributed by atoms with Crippen LogP contribution in [0, 0.1) is 13.8 Å². The summed E-state index contributed by atoms with van der Waals surface area (Å²) >= 11 is 9.52. The zero-order chi connectivity index (χ0) is 21.4. The average Bonchev–Trinajstić information content (AvgIpc) is 3.03. The molecule has 0 saturated heterocycles. The van der Waals surface area contributed by atoms with Crippen LogP contribution >= 0.6 is 27.5 Å². The normalized spacial score (nSPS) is 11.1. The molecule has 0 N–H and O–H groups in total. The molecule has 0 unspecified atom stereocenters. The van der Waals surface area contributed by atoms with Crippen molar-refractivity contribution in [2.24, 2.45) is 0 Å². The van der Waals surface area contributed by atoms with E-state index in [1.807, 2.05) is 26.0 Å². The first-order valence-electron chi connectivity index (χ1n) is 8.91. The van der Waals surface area contributed by atoms with Crippen molar-refractivity contribution >= 4 is 44.5 Å². The molecule has 9 heteroatoms. The van der Waals surface area contributed by atoms with Gasteiger partial charge in [-0.15, -0.1) is 0 Å². The summed E-state index contributed by atoms with van der Waals surface area (Å²) in [6.45, 7) is 3.62. The lowest BCUT2D eigenvalue weighted by molar-refractivity contribution is 0.0467. The van der Waals surface area contributed by atoms with E-state index in [0.717, 1.165) is 15.9 Å². The van der Waals surface area contributed by atoms with E-state index in [-0.39, 0.29) is 17.3 Å². The Hall–Kier alpha value is -2.97. The molecule has 7 nitrogen and oxygen atoms in total. The minimum absolute atomic E-state index is 0.0308. The second-order valence-corrected chi connectivity index (χ2v) is 7.97. The predicted molar refractivity (Wildman–Crippen MR) is 115 cm³/mol. The van der Waals surface area contributed by atoms with Gasteiger partial charge in [0.2, 0.25) is 0 Å². The number of carbonyl (C=O) groups is 1. The third kappa shape index (κ3) is 4.01. The van der Waals surface area contributed by atoms with E-state index in [4.69, 9.17) is 20.8 Å². The summed E-state index contributed by atoms with van der Waals surface area (Å²) in [6.07, 6.45) is 0.